The zero-order chi connectivity index (χ0) is 13.4. The van der Waals surface area contributed by atoms with Gasteiger partial charge in [0.25, 0.3) is 0 Å². The van der Waals surface area contributed by atoms with E-state index in [-0.39, 0.29) is 11.2 Å². The van der Waals surface area contributed by atoms with Gasteiger partial charge in [0.2, 0.25) is 0 Å². The van der Waals surface area contributed by atoms with Crippen LogP contribution in [-0.2, 0) is 14.3 Å². The lowest BCUT2D eigenvalue weighted by Gasteiger charge is -2.29. The number of methoxy groups -OCH3 is 2. The Bertz CT molecular complexity index is 350. The van der Waals surface area contributed by atoms with Crippen LogP contribution in [0.25, 0.3) is 0 Å². The molecule has 5 heteroatoms. The molecule has 2 saturated heterocycles. The van der Waals surface area contributed by atoms with E-state index < -0.39 is 0 Å². The molecule has 0 bridgehead atoms. The van der Waals surface area contributed by atoms with E-state index in [0.29, 0.717) is 22.5 Å². The molecule has 0 aromatic rings. The fraction of sp³-hybridized carbons (Fsp3) is 0.929. The minimum Gasteiger partial charge on any atom is -0.468 e. The first-order valence-corrected chi connectivity index (χ1v) is 9.11. The fourth-order valence-corrected chi connectivity index (χ4v) is 7.56. The molecule has 6 atom stereocenters. The number of hydrogen-bond acceptors (Lipinski definition) is 5. The second-order valence-corrected chi connectivity index (χ2v) is 8.44. The van der Waals surface area contributed by atoms with Gasteiger partial charge in [-0.3, -0.25) is 4.79 Å². The van der Waals surface area contributed by atoms with Crippen LogP contribution in [0, 0.1) is 11.8 Å². The Hall–Kier alpha value is 0.130. The highest BCUT2D eigenvalue weighted by molar-refractivity contribution is 8.02. The molecule has 0 amide bonds. The van der Waals surface area contributed by atoms with Gasteiger partial charge in [-0.25, -0.2) is 0 Å². The van der Waals surface area contributed by atoms with Crippen LogP contribution in [0.5, 0.6) is 0 Å². The van der Waals surface area contributed by atoms with Gasteiger partial charge in [0.1, 0.15) is 5.25 Å². The Labute approximate surface area is 123 Å². The summed E-state index contributed by atoms with van der Waals surface area (Å²) in [7, 11) is 3.34. The molecule has 6 unspecified atom stereocenters. The molecule has 3 rings (SSSR count). The molecule has 0 N–H and O–H groups in total. The standard InChI is InChI=1S/C14H22O3S2/c1-16-11-12-8(5-6-18-12)3-4-9-7-10(14(15)17-2)19-13(9)11/h8-13H,3-7H2,1-2H3. The third-order valence-electron chi connectivity index (χ3n) is 4.86. The van der Waals surface area contributed by atoms with Crippen LogP contribution in [0.15, 0.2) is 0 Å². The van der Waals surface area contributed by atoms with Crippen molar-refractivity contribution >= 4 is 29.5 Å². The van der Waals surface area contributed by atoms with Crippen LogP contribution in [0.2, 0.25) is 0 Å². The van der Waals surface area contributed by atoms with E-state index >= 15 is 0 Å². The van der Waals surface area contributed by atoms with E-state index in [0.717, 1.165) is 12.3 Å². The monoisotopic (exact) mass is 302 g/mol. The Morgan fingerprint density at radius 1 is 1.11 bits per heavy atom. The number of carbonyl (C=O) groups is 1. The molecule has 0 radical (unpaired) electrons. The Morgan fingerprint density at radius 2 is 1.89 bits per heavy atom. The lowest BCUT2D eigenvalue weighted by Crippen LogP contribution is -2.37. The maximum absolute atomic E-state index is 11.8. The lowest BCUT2D eigenvalue weighted by atomic mass is 9.93. The zero-order valence-electron chi connectivity index (χ0n) is 11.5. The predicted octanol–water partition coefficient (Wildman–Crippen LogP) is 2.58. The first-order chi connectivity index (χ1) is 9.24. The minimum atomic E-state index is -0.0523. The van der Waals surface area contributed by atoms with Crippen LogP contribution < -0.4 is 0 Å². The van der Waals surface area contributed by atoms with Crippen molar-refractivity contribution in [3.8, 4) is 0 Å². The summed E-state index contributed by atoms with van der Waals surface area (Å²) in [4.78, 5) is 11.8. The molecular weight excluding hydrogens is 280 g/mol. The lowest BCUT2D eigenvalue weighted by molar-refractivity contribution is -0.140. The molecule has 2 heterocycles. The molecule has 0 aromatic heterocycles. The fourth-order valence-electron chi connectivity index (χ4n) is 3.89. The predicted molar refractivity (Wildman–Crippen MR) is 79.7 cm³/mol. The van der Waals surface area contributed by atoms with Crippen LogP contribution >= 0.6 is 23.5 Å². The second-order valence-electron chi connectivity index (χ2n) is 5.77. The number of esters is 1. The number of fused-ring (bicyclic) bond motifs is 2. The Morgan fingerprint density at radius 3 is 2.63 bits per heavy atom. The topological polar surface area (TPSA) is 35.5 Å². The van der Waals surface area contributed by atoms with Crippen molar-refractivity contribution in [1.82, 2.24) is 0 Å². The molecule has 1 saturated carbocycles. The first-order valence-electron chi connectivity index (χ1n) is 7.12. The molecule has 0 spiro atoms. The van der Waals surface area contributed by atoms with E-state index in [9.17, 15) is 4.79 Å². The molecule has 19 heavy (non-hydrogen) atoms. The van der Waals surface area contributed by atoms with Gasteiger partial charge in [0, 0.05) is 17.6 Å². The quantitative estimate of drug-likeness (QED) is 0.733. The summed E-state index contributed by atoms with van der Waals surface area (Å²) in [5.41, 5.74) is 0. The van der Waals surface area contributed by atoms with E-state index in [2.05, 4.69) is 11.8 Å². The molecule has 108 valence electrons. The third kappa shape index (κ3) is 2.54. The molecule has 3 aliphatic rings. The first kappa shape index (κ1) is 14.1. The maximum atomic E-state index is 11.8. The number of rotatable bonds is 2. The average molecular weight is 302 g/mol. The zero-order valence-corrected chi connectivity index (χ0v) is 13.2. The van der Waals surface area contributed by atoms with E-state index in [4.69, 9.17) is 9.47 Å². The van der Waals surface area contributed by atoms with Crippen molar-refractivity contribution in [2.24, 2.45) is 11.8 Å². The summed E-state index contributed by atoms with van der Waals surface area (Å²) in [6, 6.07) is 0. The highest BCUT2D eigenvalue weighted by atomic mass is 32.2. The van der Waals surface area contributed by atoms with Crippen molar-refractivity contribution in [1.29, 1.82) is 0 Å². The Kier molecular flexibility index (Phi) is 4.34. The summed E-state index contributed by atoms with van der Waals surface area (Å²) in [5, 5.41) is 1.15. The van der Waals surface area contributed by atoms with Gasteiger partial charge in [-0.15, -0.1) is 11.8 Å². The van der Waals surface area contributed by atoms with Gasteiger partial charge in [0.05, 0.1) is 13.2 Å². The smallest absolute Gasteiger partial charge is 0.318 e. The van der Waals surface area contributed by atoms with Crippen LogP contribution in [-0.4, -0.2) is 47.8 Å². The molecule has 3 nitrogen and oxygen atoms in total. The van der Waals surface area contributed by atoms with Crippen LogP contribution in [0.1, 0.15) is 25.7 Å². The molecule has 2 aliphatic heterocycles. The molecule has 3 fully saturated rings. The van der Waals surface area contributed by atoms with Gasteiger partial charge in [0.15, 0.2) is 0 Å². The number of hydrogen-bond donors (Lipinski definition) is 0. The van der Waals surface area contributed by atoms with Crippen LogP contribution in [0.3, 0.4) is 0 Å². The highest BCUT2D eigenvalue weighted by Gasteiger charge is 2.50. The normalized spacial score (nSPS) is 45.4. The van der Waals surface area contributed by atoms with Crippen molar-refractivity contribution < 1.29 is 14.3 Å². The van der Waals surface area contributed by atoms with Gasteiger partial charge in [-0.2, -0.15) is 11.8 Å². The van der Waals surface area contributed by atoms with Crippen LogP contribution in [0.4, 0.5) is 0 Å². The summed E-state index contributed by atoms with van der Waals surface area (Å²) in [6.45, 7) is 0. The SMILES string of the molecule is COC(=O)C1CC2CCC3CCSC3C(OC)C2S1. The van der Waals surface area contributed by atoms with Gasteiger partial charge >= 0.3 is 5.97 Å². The van der Waals surface area contributed by atoms with Crippen molar-refractivity contribution in [2.75, 3.05) is 20.0 Å². The van der Waals surface area contributed by atoms with Crippen molar-refractivity contribution in [3.05, 3.63) is 0 Å². The van der Waals surface area contributed by atoms with Crippen molar-refractivity contribution in [3.63, 3.8) is 0 Å². The molecular formula is C14H22O3S2. The summed E-state index contributed by atoms with van der Waals surface area (Å²) in [6.07, 6.45) is 5.20. The molecule has 0 aromatic carbocycles. The van der Waals surface area contributed by atoms with Gasteiger partial charge in [-0.05, 0) is 43.3 Å². The van der Waals surface area contributed by atoms with Gasteiger partial charge < -0.3 is 9.47 Å². The number of ether oxygens (including phenoxy) is 2. The number of carbonyl (C=O) groups excluding carboxylic acids is 1. The van der Waals surface area contributed by atoms with E-state index in [1.165, 1.54) is 32.1 Å². The number of thioether (sulfide) groups is 2. The van der Waals surface area contributed by atoms with E-state index in [1.807, 2.05) is 18.9 Å². The van der Waals surface area contributed by atoms with Gasteiger partial charge in [-0.1, -0.05) is 0 Å². The third-order valence-corrected chi connectivity index (χ3v) is 8.05. The average Bonchev–Trinajstić information content (AvgIpc) is 3.02. The summed E-state index contributed by atoms with van der Waals surface area (Å²) < 4.78 is 10.8. The van der Waals surface area contributed by atoms with E-state index in [1.54, 1.807) is 0 Å². The largest absolute Gasteiger partial charge is 0.468 e. The minimum absolute atomic E-state index is 0.0283. The molecule has 1 aliphatic carbocycles. The maximum Gasteiger partial charge on any atom is 0.318 e. The second kappa shape index (κ2) is 5.86. The Balaban J connectivity index is 1.77. The highest BCUT2D eigenvalue weighted by Crippen LogP contribution is 2.52. The summed E-state index contributed by atoms with van der Waals surface area (Å²) in [5.74, 6) is 2.68. The summed E-state index contributed by atoms with van der Waals surface area (Å²) >= 11 is 3.89. The van der Waals surface area contributed by atoms with Crippen molar-refractivity contribution in [2.45, 2.75) is 47.5 Å².